The van der Waals surface area contributed by atoms with Crippen molar-refractivity contribution < 1.29 is 0 Å². The van der Waals surface area contributed by atoms with E-state index in [9.17, 15) is 0 Å². The van der Waals surface area contributed by atoms with E-state index in [-0.39, 0.29) is 6.04 Å². The molecule has 0 spiro atoms. The molecule has 6 heteroatoms. The van der Waals surface area contributed by atoms with Crippen LogP contribution in [0.3, 0.4) is 0 Å². The molecule has 2 N–H and O–H groups in total. The van der Waals surface area contributed by atoms with Gasteiger partial charge in [-0.1, -0.05) is 29.5 Å². The summed E-state index contributed by atoms with van der Waals surface area (Å²) in [4.78, 5) is 4.60. The fourth-order valence-corrected chi connectivity index (χ4v) is 2.64. The molecule has 2 aromatic heterocycles. The van der Waals surface area contributed by atoms with Gasteiger partial charge in [0.25, 0.3) is 0 Å². The molecule has 96 valence electrons. The first kappa shape index (κ1) is 12.3. The summed E-state index contributed by atoms with van der Waals surface area (Å²) >= 11 is 3.36. The van der Waals surface area contributed by atoms with Crippen molar-refractivity contribution in [2.24, 2.45) is 12.8 Å². The second kappa shape index (κ2) is 4.71. The SMILES string of the molecule is Cn1nnc(Br)c1C(N)c1ccc2ccccc2n1. The van der Waals surface area contributed by atoms with E-state index >= 15 is 0 Å². The van der Waals surface area contributed by atoms with Gasteiger partial charge >= 0.3 is 0 Å². The predicted molar refractivity (Wildman–Crippen MR) is 76.5 cm³/mol. The van der Waals surface area contributed by atoms with Crippen molar-refractivity contribution in [2.45, 2.75) is 6.04 Å². The summed E-state index contributed by atoms with van der Waals surface area (Å²) in [5.41, 5.74) is 8.80. The van der Waals surface area contributed by atoms with Crippen LogP contribution in [0.25, 0.3) is 10.9 Å². The monoisotopic (exact) mass is 317 g/mol. The third-order valence-corrected chi connectivity index (χ3v) is 3.62. The highest BCUT2D eigenvalue weighted by Gasteiger charge is 2.19. The van der Waals surface area contributed by atoms with Crippen LogP contribution < -0.4 is 5.73 Å². The fourth-order valence-electron chi connectivity index (χ4n) is 2.06. The van der Waals surface area contributed by atoms with Gasteiger partial charge in [0.1, 0.15) is 0 Å². The van der Waals surface area contributed by atoms with Gasteiger partial charge in [0, 0.05) is 12.4 Å². The number of nitrogens with zero attached hydrogens (tertiary/aromatic N) is 4. The summed E-state index contributed by atoms with van der Waals surface area (Å²) in [6.45, 7) is 0. The lowest BCUT2D eigenvalue weighted by molar-refractivity contribution is 0.645. The van der Waals surface area contributed by atoms with Gasteiger partial charge in [0.15, 0.2) is 4.60 Å². The highest BCUT2D eigenvalue weighted by molar-refractivity contribution is 9.10. The quantitative estimate of drug-likeness (QED) is 0.786. The molecule has 2 heterocycles. The minimum absolute atomic E-state index is 0.362. The number of aromatic nitrogens is 4. The maximum Gasteiger partial charge on any atom is 0.153 e. The number of rotatable bonds is 2. The van der Waals surface area contributed by atoms with Crippen LogP contribution in [-0.2, 0) is 7.05 Å². The van der Waals surface area contributed by atoms with E-state index in [1.165, 1.54) is 0 Å². The van der Waals surface area contributed by atoms with Crippen LogP contribution in [0, 0.1) is 0 Å². The fraction of sp³-hybridized carbons (Fsp3) is 0.154. The zero-order chi connectivity index (χ0) is 13.4. The van der Waals surface area contributed by atoms with E-state index in [0.29, 0.717) is 4.60 Å². The Morgan fingerprint density at radius 2 is 2.00 bits per heavy atom. The first-order valence-corrected chi connectivity index (χ1v) is 6.62. The Hall–Kier alpha value is -1.79. The van der Waals surface area contributed by atoms with Gasteiger partial charge in [-0.2, -0.15) is 0 Å². The van der Waals surface area contributed by atoms with Crippen LogP contribution in [-0.4, -0.2) is 20.0 Å². The van der Waals surface area contributed by atoms with Crippen LogP contribution in [0.1, 0.15) is 17.4 Å². The molecule has 1 atom stereocenters. The van der Waals surface area contributed by atoms with Gasteiger partial charge in [0.05, 0.1) is 22.9 Å². The molecule has 3 rings (SSSR count). The number of halogens is 1. The molecule has 0 aliphatic heterocycles. The molecule has 0 fully saturated rings. The minimum Gasteiger partial charge on any atom is -0.318 e. The molecular formula is C13H12BrN5. The first-order valence-electron chi connectivity index (χ1n) is 5.83. The molecule has 0 saturated heterocycles. The van der Waals surface area contributed by atoms with Gasteiger partial charge in [0.2, 0.25) is 0 Å². The van der Waals surface area contributed by atoms with Crippen molar-refractivity contribution in [3.8, 4) is 0 Å². The zero-order valence-electron chi connectivity index (χ0n) is 10.3. The Labute approximate surface area is 118 Å². The van der Waals surface area contributed by atoms with E-state index in [2.05, 4.69) is 31.2 Å². The van der Waals surface area contributed by atoms with Gasteiger partial charge in [-0.3, -0.25) is 4.98 Å². The van der Waals surface area contributed by atoms with Crippen LogP contribution in [0.15, 0.2) is 41.0 Å². The Bertz CT molecular complexity index is 717. The smallest absolute Gasteiger partial charge is 0.153 e. The third kappa shape index (κ3) is 2.13. The third-order valence-electron chi connectivity index (χ3n) is 3.06. The standard InChI is InChI=1S/C13H12BrN5/c1-19-12(13(14)17-18-19)11(15)10-7-6-8-4-2-3-5-9(8)16-10/h2-7,11H,15H2,1H3. The van der Waals surface area contributed by atoms with E-state index in [4.69, 9.17) is 5.73 Å². The molecule has 5 nitrogen and oxygen atoms in total. The summed E-state index contributed by atoms with van der Waals surface area (Å²) < 4.78 is 2.31. The van der Waals surface area contributed by atoms with Crippen LogP contribution in [0.4, 0.5) is 0 Å². The highest BCUT2D eigenvalue weighted by atomic mass is 79.9. The maximum absolute atomic E-state index is 6.26. The maximum atomic E-state index is 6.26. The number of para-hydroxylation sites is 1. The normalized spacial score (nSPS) is 12.8. The Morgan fingerprint density at radius 3 is 2.74 bits per heavy atom. The zero-order valence-corrected chi connectivity index (χ0v) is 11.9. The second-order valence-electron chi connectivity index (χ2n) is 4.30. The Morgan fingerprint density at radius 1 is 1.21 bits per heavy atom. The summed E-state index contributed by atoms with van der Waals surface area (Å²) in [6, 6.07) is 11.6. The summed E-state index contributed by atoms with van der Waals surface area (Å²) in [6.07, 6.45) is 0. The van der Waals surface area contributed by atoms with Crippen molar-refractivity contribution in [2.75, 3.05) is 0 Å². The molecule has 0 amide bonds. The second-order valence-corrected chi connectivity index (χ2v) is 5.05. The van der Waals surface area contributed by atoms with Gasteiger partial charge in [-0.25, -0.2) is 4.68 Å². The minimum atomic E-state index is -0.362. The molecule has 0 radical (unpaired) electrons. The number of hydrogen-bond acceptors (Lipinski definition) is 4. The number of nitrogens with two attached hydrogens (primary N) is 1. The van der Waals surface area contributed by atoms with Crippen molar-refractivity contribution in [1.82, 2.24) is 20.0 Å². The molecule has 0 bridgehead atoms. The van der Waals surface area contributed by atoms with Crippen LogP contribution >= 0.6 is 15.9 Å². The van der Waals surface area contributed by atoms with Gasteiger partial charge in [-0.15, -0.1) is 5.10 Å². The van der Waals surface area contributed by atoms with E-state index < -0.39 is 0 Å². The van der Waals surface area contributed by atoms with E-state index in [0.717, 1.165) is 22.3 Å². The molecule has 0 aliphatic carbocycles. The average molecular weight is 318 g/mol. The van der Waals surface area contributed by atoms with Crippen LogP contribution in [0.5, 0.6) is 0 Å². The molecule has 3 aromatic rings. The number of hydrogen-bond donors (Lipinski definition) is 1. The number of pyridine rings is 1. The molecule has 19 heavy (non-hydrogen) atoms. The molecule has 1 unspecified atom stereocenters. The lowest BCUT2D eigenvalue weighted by atomic mass is 10.1. The van der Waals surface area contributed by atoms with Gasteiger partial charge < -0.3 is 5.73 Å². The van der Waals surface area contributed by atoms with Crippen LogP contribution in [0.2, 0.25) is 0 Å². The molecule has 0 aliphatic rings. The highest BCUT2D eigenvalue weighted by Crippen LogP contribution is 2.24. The van der Waals surface area contributed by atoms with E-state index in [1.807, 2.05) is 43.4 Å². The predicted octanol–water partition coefficient (Wildman–Crippen LogP) is 2.17. The molecular weight excluding hydrogens is 306 g/mol. The Kier molecular flexibility index (Phi) is 3.04. The van der Waals surface area contributed by atoms with E-state index in [1.54, 1.807) is 4.68 Å². The average Bonchev–Trinajstić information content (AvgIpc) is 2.77. The van der Waals surface area contributed by atoms with Crippen molar-refractivity contribution in [3.63, 3.8) is 0 Å². The van der Waals surface area contributed by atoms with Gasteiger partial charge in [-0.05, 0) is 28.1 Å². The molecule has 1 aromatic carbocycles. The summed E-state index contributed by atoms with van der Waals surface area (Å²) in [5.74, 6) is 0. The Balaban J connectivity index is 2.09. The number of benzene rings is 1. The summed E-state index contributed by atoms with van der Waals surface area (Å²) in [5, 5.41) is 8.98. The summed E-state index contributed by atoms with van der Waals surface area (Å²) in [7, 11) is 1.81. The topological polar surface area (TPSA) is 69.6 Å². The number of fused-ring (bicyclic) bond motifs is 1. The van der Waals surface area contributed by atoms with Crippen molar-refractivity contribution in [1.29, 1.82) is 0 Å². The largest absolute Gasteiger partial charge is 0.318 e. The van der Waals surface area contributed by atoms with Crippen molar-refractivity contribution >= 4 is 26.8 Å². The lowest BCUT2D eigenvalue weighted by Gasteiger charge is -2.12. The van der Waals surface area contributed by atoms with Crippen molar-refractivity contribution in [3.05, 3.63) is 52.4 Å². The lowest BCUT2D eigenvalue weighted by Crippen LogP contribution is -2.17. The molecule has 0 saturated carbocycles. The first-order chi connectivity index (χ1) is 9.16. The number of aryl methyl sites for hydroxylation is 1.